The molecule has 0 aliphatic rings. The van der Waals surface area contributed by atoms with Crippen molar-refractivity contribution in [2.45, 2.75) is 20.4 Å². The first-order valence-corrected chi connectivity index (χ1v) is 5.98. The molecule has 0 atom stereocenters. The van der Waals surface area contributed by atoms with Gasteiger partial charge in [0.2, 0.25) is 0 Å². The molecular weight excluding hydrogens is 287 g/mol. The fourth-order valence-corrected chi connectivity index (χ4v) is 1.80. The Hall–Kier alpha value is -1.36. The molecule has 0 spiro atoms. The standard InChI is InChI=1S/C12H12BrFN2O/c1-7-10(8(2)17-16-7)6-15-9-3-4-11(13)12(14)5-9/h3-5,15H,6H2,1-2H3. The Morgan fingerprint density at radius 3 is 2.76 bits per heavy atom. The van der Waals surface area contributed by atoms with E-state index >= 15 is 0 Å². The molecule has 1 aromatic heterocycles. The molecule has 0 saturated heterocycles. The van der Waals surface area contributed by atoms with Gasteiger partial charge < -0.3 is 9.84 Å². The van der Waals surface area contributed by atoms with Crippen LogP contribution in [-0.2, 0) is 6.54 Å². The molecule has 0 amide bonds. The highest BCUT2D eigenvalue weighted by molar-refractivity contribution is 9.10. The number of benzene rings is 1. The Morgan fingerprint density at radius 2 is 2.18 bits per heavy atom. The molecule has 0 fully saturated rings. The van der Waals surface area contributed by atoms with Crippen LogP contribution in [0.1, 0.15) is 17.0 Å². The Kier molecular flexibility index (Phi) is 3.47. The largest absolute Gasteiger partial charge is 0.381 e. The summed E-state index contributed by atoms with van der Waals surface area (Å²) in [5, 5.41) is 7.00. The van der Waals surface area contributed by atoms with E-state index in [1.165, 1.54) is 6.07 Å². The van der Waals surface area contributed by atoms with Crippen LogP contribution in [0.2, 0.25) is 0 Å². The van der Waals surface area contributed by atoms with Crippen molar-refractivity contribution in [3.05, 3.63) is 45.5 Å². The fourth-order valence-electron chi connectivity index (χ4n) is 1.55. The molecule has 0 aliphatic carbocycles. The molecule has 0 unspecified atom stereocenters. The van der Waals surface area contributed by atoms with Crippen molar-refractivity contribution in [3.63, 3.8) is 0 Å². The third-order valence-corrected chi connectivity index (χ3v) is 3.21. The fraction of sp³-hybridized carbons (Fsp3) is 0.250. The van der Waals surface area contributed by atoms with Crippen LogP contribution in [-0.4, -0.2) is 5.16 Å². The maximum absolute atomic E-state index is 13.3. The quantitative estimate of drug-likeness (QED) is 0.936. The molecule has 17 heavy (non-hydrogen) atoms. The number of halogens is 2. The molecule has 5 heteroatoms. The molecule has 90 valence electrons. The third kappa shape index (κ3) is 2.66. The second kappa shape index (κ2) is 4.87. The Morgan fingerprint density at radius 1 is 1.41 bits per heavy atom. The van der Waals surface area contributed by atoms with Crippen LogP contribution in [0, 0.1) is 19.7 Å². The molecule has 1 aromatic carbocycles. The molecule has 1 N–H and O–H groups in total. The Bertz CT molecular complexity index is 520. The van der Waals surface area contributed by atoms with E-state index in [0.29, 0.717) is 11.0 Å². The maximum atomic E-state index is 13.3. The summed E-state index contributed by atoms with van der Waals surface area (Å²) in [6.07, 6.45) is 0. The number of anilines is 1. The van der Waals surface area contributed by atoms with Crippen molar-refractivity contribution in [2.75, 3.05) is 5.32 Å². The second-order valence-electron chi connectivity index (χ2n) is 3.79. The van der Waals surface area contributed by atoms with Gasteiger partial charge in [0.25, 0.3) is 0 Å². The average Bonchev–Trinajstić information content (AvgIpc) is 2.61. The zero-order valence-corrected chi connectivity index (χ0v) is 11.1. The molecule has 2 rings (SSSR count). The van der Waals surface area contributed by atoms with Gasteiger partial charge in [0.1, 0.15) is 11.6 Å². The highest BCUT2D eigenvalue weighted by atomic mass is 79.9. The number of rotatable bonds is 3. The summed E-state index contributed by atoms with van der Waals surface area (Å²) < 4.78 is 18.8. The first kappa shape index (κ1) is 12.1. The summed E-state index contributed by atoms with van der Waals surface area (Å²) in [7, 11) is 0. The van der Waals surface area contributed by atoms with E-state index in [9.17, 15) is 4.39 Å². The summed E-state index contributed by atoms with van der Waals surface area (Å²) in [5.74, 6) is 0.501. The molecule has 1 heterocycles. The lowest BCUT2D eigenvalue weighted by Crippen LogP contribution is -2.01. The topological polar surface area (TPSA) is 38.1 Å². The van der Waals surface area contributed by atoms with Gasteiger partial charge in [0.15, 0.2) is 0 Å². The lowest BCUT2D eigenvalue weighted by atomic mass is 10.2. The van der Waals surface area contributed by atoms with E-state index < -0.39 is 0 Å². The van der Waals surface area contributed by atoms with E-state index in [4.69, 9.17) is 4.52 Å². The van der Waals surface area contributed by atoms with Crippen LogP contribution in [0.3, 0.4) is 0 Å². The van der Waals surface area contributed by atoms with Gasteiger partial charge in [-0.2, -0.15) is 0 Å². The summed E-state index contributed by atoms with van der Waals surface area (Å²) in [4.78, 5) is 0. The predicted octanol–water partition coefficient (Wildman–Crippen LogP) is 3.81. The molecule has 0 radical (unpaired) electrons. The number of hydrogen-bond acceptors (Lipinski definition) is 3. The van der Waals surface area contributed by atoms with Gasteiger partial charge in [0.05, 0.1) is 10.2 Å². The average molecular weight is 299 g/mol. The maximum Gasteiger partial charge on any atom is 0.139 e. The van der Waals surface area contributed by atoms with Gasteiger partial charge >= 0.3 is 0 Å². The summed E-state index contributed by atoms with van der Waals surface area (Å²) >= 11 is 3.11. The predicted molar refractivity (Wildman–Crippen MR) is 67.4 cm³/mol. The van der Waals surface area contributed by atoms with Gasteiger partial charge in [-0.25, -0.2) is 4.39 Å². The number of aromatic nitrogens is 1. The van der Waals surface area contributed by atoms with Gasteiger partial charge in [-0.05, 0) is 48.0 Å². The normalized spacial score (nSPS) is 10.6. The van der Waals surface area contributed by atoms with Crippen LogP contribution in [0.5, 0.6) is 0 Å². The monoisotopic (exact) mass is 298 g/mol. The van der Waals surface area contributed by atoms with Crippen LogP contribution in [0.15, 0.2) is 27.2 Å². The smallest absolute Gasteiger partial charge is 0.139 e. The van der Waals surface area contributed by atoms with E-state index in [2.05, 4.69) is 26.4 Å². The number of nitrogens with zero attached hydrogens (tertiary/aromatic N) is 1. The minimum atomic E-state index is -0.284. The van der Waals surface area contributed by atoms with E-state index in [0.717, 1.165) is 22.7 Å². The lowest BCUT2D eigenvalue weighted by Gasteiger charge is -2.06. The van der Waals surface area contributed by atoms with E-state index in [1.807, 2.05) is 19.9 Å². The van der Waals surface area contributed by atoms with Crippen LogP contribution in [0.25, 0.3) is 0 Å². The number of aryl methyl sites for hydroxylation is 2. The number of hydrogen-bond donors (Lipinski definition) is 1. The Balaban J connectivity index is 2.10. The summed E-state index contributed by atoms with van der Waals surface area (Å²) in [5.41, 5.74) is 2.59. The molecular formula is C12H12BrFN2O. The molecule has 0 saturated carbocycles. The highest BCUT2D eigenvalue weighted by Gasteiger charge is 2.08. The molecule has 3 nitrogen and oxygen atoms in total. The SMILES string of the molecule is Cc1noc(C)c1CNc1ccc(Br)c(F)c1. The van der Waals surface area contributed by atoms with Gasteiger partial charge in [0, 0.05) is 17.8 Å². The zero-order chi connectivity index (χ0) is 12.4. The van der Waals surface area contributed by atoms with Crippen LogP contribution < -0.4 is 5.32 Å². The lowest BCUT2D eigenvalue weighted by molar-refractivity contribution is 0.392. The van der Waals surface area contributed by atoms with E-state index in [1.54, 1.807) is 6.07 Å². The van der Waals surface area contributed by atoms with Crippen molar-refractivity contribution in [2.24, 2.45) is 0 Å². The first-order chi connectivity index (χ1) is 8.08. The Labute approximate surface area is 107 Å². The second-order valence-corrected chi connectivity index (χ2v) is 4.64. The van der Waals surface area contributed by atoms with Crippen molar-refractivity contribution in [1.29, 1.82) is 0 Å². The molecule has 2 aromatic rings. The van der Waals surface area contributed by atoms with Crippen molar-refractivity contribution in [3.8, 4) is 0 Å². The third-order valence-electron chi connectivity index (χ3n) is 2.57. The zero-order valence-electron chi connectivity index (χ0n) is 9.55. The minimum Gasteiger partial charge on any atom is -0.381 e. The van der Waals surface area contributed by atoms with Crippen molar-refractivity contribution in [1.82, 2.24) is 5.16 Å². The van der Waals surface area contributed by atoms with Crippen LogP contribution in [0.4, 0.5) is 10.1 Å². The van der Waals surface area contributed by atoms with Crippen LogP contribution >= 0.6 is 15.9 Å². The van der Waals surface area contributed by atoms with Gasteiger partial charge in [-0.15, -0.1) is 0 Å². The van der Waals surface area contributed by atoms with Gasteiger partial charge in [-0.1, -0.05) is 5.16 Å². The van der Waals surface area contributed by atoms with E-state index in [-0.39, 0.29) is 5.82 Å². The van der Waals surface area contributed by atoms with Crippen molar-refractivity contribution >= 4 is 21.6 Å². The molecule has 0 aliphatic heterocycles. The molecule has 0 bridgehead atoms. The summed E-state index contributed by atoms with van der Waals surface area (Å²) in [6.45, 7) is 4.32. The number of nitrogens with one attached hydrogen (secondary N) is 1. The highest BCUT2D eigenvalue weighted by Crippen LogP contribution is 2.20. The first-order valence-electron chi connectivity index (χ1n) is 5.18. The minimum absolute atomic E-state index is 0.284. The van der Waals surface area contributed by atoms with Crippen molar-refractivity contribution < 1.29 is 8.91 Å². The van der Waals surface area contributed by atoms with Gasteiger partial charge in [-0.3, -0.25) is 0 Å². The summed E-state index contributed by atoms with van der Waals surface area (Å²) in [6, 6.07) is 4.93.